The number of fused-ring (bicyclic) bond motifs is 1. The van der Waals surface area contributed by atoms with Gasteiger partial charge in [-0.3, -0.25) is 9.51 Å². The Morgan fingerprint density at radius 1 is 1.18 bits per heavy atom. The smallest absolute Gasteiger partial charge is 0.377 e. The minimum absolute atomic E-state index is 0.182. The summed E-state index contributed by atoms with van der Waals surface area (Å²) >= 11 is 0. The Balaban J connectivity index is 1.46. The maximum Gasteiger partial charge on any atom is 0.439 e. The van der Waals surface area contributed by atoms with Gasteiger partial charge < -0.3 is 19.5 Å². The number of ether oxygens (including phenoxy) is 1. The summed E-state index contributed by atoms with van der Waals surface area (Å²) in [5.74, 6) is 5.85. The molecule has 4 heterocycles. The lowest BCUT2D eigenvalue weighted by Crippen LogP contribution is -2.45. The lowest BCUT2D eigenvalue weighted by atomic mass is 9.80. The Hall–Kier alpha value is -3.39. The summed E-state index contributed by atoms with van der Waals surface area (Å²) in [4.78, 5) is 31.3. The first kappa shape index (κ1) is 24.9. The van der Waals surface area contributed by atoms with Crippen molar-refractivity contribution in [2.45, 2.75) is 77.4 Å². The monoisotopic (exact) mass is 520 g/mol. The molecule has 6 rings (SSSR count). The van der Waals surface area contributed by atoms with Crippen molar-refractivity contribution in [1.82, 2.24) is 29.7 Å². The number of anilines is 2. The van der Waals surface area contributed by atoms with Crippen molar-refractivity contribution in [3.05, 3.63) is 10.6 Å². The van der Waals surface area contributed by atoms with Crippen LogP contribution < -0.4 is 16.0 Å². The largest absolute Gasteiger partial charge is 0.439 e. The Morgan fingerprint density at radius 2 is 2.00 bits per heavy atom. The molecule has 2 saturated carbocycles. The van der Waals surface area contributed by atoms with Gasteiger partial charge in [-0.15, -0.1) is 12.3 Å². The molecule has 0 unspecified atom stereocenters. The van der Waals surface area contributed by atoms with E-state index < -0.39 is 5.76 Å². The van der Waals surface area contributed by atoms with Crippen molar-refractivity contribution in [1.29, 1.82) is 0 Å². The fourth-order valence-corrected chi connectivity index (χ4v) is 6.02. The van der Waals surface area contributed by atoms with Crippen molar-refractivity contribution < 1.29 is 9.26 Å². The van der Waals surface area contributed by atoms with Crippen LogP contribution in [0.5, 0.6) is 0 Å². The Kier molecular flexibility index (Phi) is 6.82. The fraction of sp³-hybridized carbons (Fsp3) is 0.667. The van der Waals surface area contributed by atoms with Crippen LogP contribution in [0, 0.1) is 30.1 Å². The van der Waals surface area contributed by atoms with Crippen LogP contribution in [0.3, 0.4) is 0 Å². The third-order valence-corrected chi connectivity index (χ3v) is 8.60. The highest BCUT2D eigenvalue weighted by atomic mass is 16.5. The predicted molar refractivity (Wildman–Crippen MR) is 144 cm³/mol. The van der Waals surface area contributed by atoms with E-state index in [1.807, 2.05) is 0 Å². The van der Waals surface area contributed by atoms with Gasteiger partial charge in [-0.2, -0.15) is 4.98 Å². The topological polar surface area (TPSA) is 127 Å². The molecule has 3 aromatic rings. The summed E-state index contributed by atoms with van der Waals surface area (Å²) in [6, 6.07) is 0.423. The van der Waals surface area contributed by atoms with E-state index in [0.29, 0.717) is 42.4 Å². The van der Waals surface area contributed by atoms with E-state index in [2.05, 4.69) is 44.7 Å². The van der Waals surface area contributed by atoms with Crippen molar-refractivity contribution >= 4 is 22.9 Å². The molecule has 11 nitrogen and oxygen atoms in total. The van der Waals surface area contributed by atoms with E-state index in [1.54, 1.807) is 0 Å². The second kappa shape index (κ2) is 10.4. The number of aromatic nitrogens is 6. The molecule has 3 fully saturated rings. The predicted octanol–water partition coefficient (Wildman–Crippen LogP) is 3.43. The normalized spacial score (nSPS) is 25.2. The maximum atomic E-state index is 11.7. The number of aromatic amines is 1. The molecular weight excluding hydrogens is 484 g/mol. The molecule has 38 heavy (non-hydrogen) atoms. The summed E-state index contributed by atoms with van der Waals surface area (Å²) in [7, 11) is 0. The van der Waals surface area contributed by atoms with Crippen molar-refractivity contribution in [2.75, 3.05) is 30.0 Å². The molecule has 0 radical (unpaired) electrons. The number of hydrogen-bond acceptors (Lipinski definition) is 9. The van der Waals surface area contributed by atoms with Gasteiger partial charge in [0, 0.05) is 25.0 Å². The third-order valence-electron chi connectivity index (χ3n) is 8.60. The second-order valence-corrected chi connectivity index (χ2v) is 11.2. The zero-order valence-electron chi connectivity index (χ0n) is 22.2. The van der Waals surface area contributed by atoms with Crippen molar-refractivity contribution in [2.24, 2.45) is 17.8 Å². The standard InChI is InChI=1S/C27H36N8O3/c1-4-18-8-10-19(11-9-18)14-35-21-22(28-17(3)20-6-5-7-20)29-24(25-32-27(36)38-33-25)30-23(21)31-26(35)34-12-13-37-15-16(34)2/h1,16-20H,5-15H2,2-3H3,(H,28,29,30)(H,32,33,36)/t16-,17-,18?,19?/m1/s1. The molecule has 0 aromatic carbocycles. The molecule has 0 bridgehead atoms. The molecule has 3 aliphatic rings. The van der Waals surface area contributed by atoms with Gasteiger partial charge in [0.15, 0.2) is 11.5 Å². The van der Waals surface area contributed by atoms with Crippen LogP contribution >= 0.6 is 0 Å². The first-order valence-electron chi connectivity index (χ1n) is 13.9. The lowest BCUT2D eigenvalue weighted by molar-refractivity contribution is 0.0976. The first-order valence-corrected chi connectivity index (χ1v) is 13.9. The first-order chi connectivity index (χ1) is 18.5. The number of imidazole rings is 1. The number of H-pyrrole nitrogens is 1. The van der Waals surface area contributed by atoms with Gasteiger partial charge in [0.25, 0.3) is 0 Å². The van der Waals surface area contributed by atoms with Crippen LogP contribution in [-0.2, 0) is 11.3 Å². The summed E-state index contributed by atoms with van der Waals surface area (Å²) < 4.78 is 12.8. The van der Waals surface area contributed by atoms with Gasteiger partial charge in [-0.1, -0.05) is 11.6 Å². The Labute approximate surface area is 221 Å². The third kappa shape index (κ3) is 4.77. The fourth-order valence-electron chi connectivity index (χ4n) is 6.02. The molecule has 202 valence electrons. The summed E-state index contributed by atoms with van der Waals surface area (Å²) in [5.41, 5.74) is 1.46. The van der Waals surface area contributed by atoms with Gasteiger partial charge >= 0.3 is 5.76 Å². The summed E-state index contributed by atoms with van der Waals surface area (Å²) in [5, 5.41) is 7.53. The van der Waals surface area contributed by atoms with Gasteiger partial charge in [-0.25, -0.2) is 14.8 Å². The van der Waals surface area contributed by atoms with Crippen LogP contribution in [-0.4, -0.2) is 61.5 Å². The average Bonchev–Trinajstić information content (AvgIpc) is 3.47. The number of nitrogens with zero attached hydrogens (tertiary/aromatic N) is 6. The summed E-state index contributed by atoms with van der Waals surface area (Å²) in [6.07, 6.45) is 13.7. The Morgan fingerprint density at radius 3 is 2.66 bits per heavy atom. The molecule has 0 amide bonds. The molecule has 3 aromatic heterocycles. The number of terminal acetylenes is 1. The highest BCUT2D eigenvalue weighted by Gasteiger charge is 2.31. The van der Waals surface area contributed by atoms with Crippen molar-refractivity contribution in [3.63, 3.8) is 0 Å². The zero-order chi connectivity index (χ0) is 26.2. The van der Waals surface area contributed by atoms with E-state index in [4.69, 9.17) is 30.6 Å². The number of rotatable bonds is 7. The Bertz CT molecular complexity index is 1380. The quantitative estimate of drug-likeness (QED) is 0.450. The van der Waals surface area contributed by atoms with E-state index in [9.17, 15) is 4.79 Å². The van der Waals surface area contributed by atoms with Crippen LogP contribution in [0.4, 0.5) is 11.8 Å². The van der Waals surface area contributed by atoms with E-state index >= 15 is 0 Å². The molecule has 2 N–H and O–H groups in total. The highest BCUT2D eigenvalue weighted by molar-refractivity contribution is 5.87. The minimum Gasteiger partial charge on any atom is -0.377 e. The highest BCUT2D eigenvalue weighted by Crippen LogP contribution is 2.37. The van der Waals surface area contributed by atoms with Gasteiger partial charge in [0.2, 0.25) is 17.6 Å². The number of morpholine rings is 1. The van der Waals surface area contributed by atoms with E-state index in [1.165, 1.54) is 19.3 Å². The van der Waals surface area contributed by atoms with Gasteiger partial charge in [-0.05, 0) is 64.2 Å². The zero-order valence-corrected chi connectivity index (χ0v) is 22.2. The SMILES string of the molecule is C#CC1CCC(Cn2c(N3CCOC[C@H]3C)nc3nc(-c4noc(=O)[nH]4)nc(N[C@H](C)C4CCC4)c32)CC1. The van der Waals surface area contributed by atoms with Crippen LogP contribution in [0.15, 0.2) is 9.32 Å². The molecule has 2 atom stereocenters. The molecule has 2 aliphatic carbocycles. The maximum absolute atomic E-state index is 11.7. The van der Waals surface area contributed by atoms with Crippen molar-refractivity contribution in [3.8, 4) is 24.0 Å². The average molecular weight is 521 g/mol. The van der Waals surface area contributed by atoms with Crippen LogP contribution in [0.2, 0.25) is 0 Å². The molecular formula is C27H36N8O3. The van der Waals surface area contributed by atoms with E-state index in [-0.39, 0.29) is 23.7 Å². The van der Waals surface area contributed by atoms with Crippen LogP contribution in [0.1, 0.15) is 58.8 Å². The number of nitrogens with one attached hydrogen (secondary N) is 2. The second-order valence-electron chi connectivity index (χ2n) is 11.2. The molecule has 11 heteroatoms. The molecule has 1 aliphatic heterocycles. The van der Waals surface area contributed by atoms with E-state index in [0.717, 1.165) is 50.2 Å². The van der Waals surface area contributed by atoms with Gasteiger partial charge in [0.05, 0.1) is 19.3 Å². The summed E-state index contributed by atoms with van der Waals surface area (Å²) in [6.45, 7) is 7.26. The molecule has 0 spiro atoms. The molecule has 1 saturated heterocycles. The lowest BCUT2D eigenvalue weighted by Gasteiger charge is -2.35. The van der Waals surface area contributed by atoms with Crippen LogP contribution in [0.25, 0.3) is 22.8 Å². The van der Waals surface area contributed by atoms with Gasteiger partial charge in [0.1, 0.15) is 5.52 Å². The minimum atomic E-state index is -0.642. The number of hydrogen-bond donors (Lipinski definition) is 2.